The van der Waals surface area contributed by atoms with Crippen LogP contribution in [-0.4, -0.2) is 18.6 Å². The Bertz CT molecular complexity index is 554. The maximum Gasteiger partial charge on any atom is 0.287 e. The number of para-hydroxylation sites is 1. The van der Waals surface area contributed by atoms with Crippen molar-refractivity contribution in [1.29, 1.82) is 0 Å². The monoisotopic (exact) mass is 277 g/mol. The zero-order valence-electron chi connectivity index (χ0n) is 11.1. The minimum Gasteiger partial charge on any atom is -0.486 e. The molecule has 0 fully saturated rings. The van der Waals surface area contributed by atoms with E-state index in [0.29, 0.717) is 6.42 Å². The predicted octanol–water partition coefficient (Wildman–Crippen LogP) is 3.01. The number of halogens is 1. The molecular formula is C15H16FNO3. The molecule has 2 aromatic rings. The van der Waals surface area contributed by atoms with Crippen LogP contribution in [0.1, 0.15) is 23.9 Å². The predicted molar refractivity (Wildman–Crippen MR) is 72.1 cm³/mol. The van der Waals surface area contributed by atoms with Gasteiger partial charge in [0.1, 0.15) is 6.10 Å². The summed E-state index contributed by atoms with van der Waals surface area (Å²) in [4.78, 5) is 11.7. The molecule has 1 heterocycles. The number of hydrogen-bond donors (Lipinski definition) is 1. The number of ether oxygens (including phenoxy) is 1. The number of carbonyl (C=O) groups is 1. The molecule has 4 nitrogen and oxygen atoms in total. The van der Waals surface area contributed by atoms with Crippen molar-refractivity contribution in [3.8, 4) is 5.75 Å². The highest BCUT2D eigenvalue weighted by Crippen LogP contribution is 2.17. The van der Waals surface area contributed by atoms with E-state index in [1.807, 2.05) is 6.92 Å². The summed E-state index contributed by atoms with van der Waals surface area (Å²) in [6, 6.07) is 9.42. The minimum absolute atomic E-state index is 0.187. The van der Waals surface area contributed by atoms with Gasteiger partial charge in [-0.05, 0) is 30.7 Å². The van der Waals surface area contributed by atoms with Gasteiger partial charge in [0.25, 0.3) is 5.91 Å². The first-order chi connectivity index (χ1) is 9.70. The molecule has 0 spiro atoms. The van der Waals surface area contributed by atoms with E-state index < -0.39 is 5.82 Å². The topological polar surface area (TPSA) is 51.5 Å². The fraction of sp³-hybridized carbons (Fsp3) is 0.267. The van der Waals surface area contributed by atoms with E-state index in [1.54, 1.807) is 30.3 Å². The quantitative estimate of drug-likeness (QED) is 0.883. The number of benzene rings is 1. The van der Waals surface area contributed by atoms with Crippen molar-refractivity contribution < 1.29 is 18.3 Å². The van der Waals surface area contributed by atoms with Gasteiger partial charge in [0.15, 0.2) is 17.3 Å². The summed E-state index contributed by atoms with van der Waals surface area (Å²) in [5.41, 5.74) is 0. The van der Waals surface area contributed by atoms with Crippen molar-refractivity contribution in [2.24, 2.45) is 0 Å². The van der Waals surface area contributed by atoms with Crippen molar-refractivity contribution in [3.05, 3.63) is 54.2 Å². The van der Waals surface area contributed by atoms with Crippen LogP contribution >= 0.6 is 0 Å². The molecule has 106 valence electrons. The van der Waals surface area contributed by atoms with E-state index in [4.69, 9.17) is 9.15 Å². The molecule has 0 radical (unpaired) electrons. The van der Waals surface area contributed by atoms with Crippen LogP contribution in [0.4, 0.5) is 4.39 Å². The Kier molecular flexibility index (Phi) is 4.76. The Morgan fingerprint density at radius 1 is 1.35 bits per heavy atom. The first-order valence-corrected chi connectivity index (χ1v) is 6.43. The van der Waals surface area contributed by atoms with Gasteiger partial charge >= 0.3 is 0 Å². The second kappa shape index (κ2) is 6.75. The molecule has 2 rings (SSSR count). The second-order valence-corrected chi connectivity index (χ2v) is 4.27. The molecule has 0 aliphatic heterocycles. The van der Waals surface area contributed by atoms with Gasteiger partial charge in [0.2, 0.25) is 0 Å². The van der Waals surface area contributed by atoms with E-state index in [0.717, 1.165) is 0 Å². The number of amides is 1. The number of rotatable bonds is 6. The first-order valence-electron chi connectivity index (χ1n) is 6.43. The summed E-state index contributed by atoms with van der Waals surface area (Å²) in [7, 11) is 0. The Morgan fingerprint density at radius 3 is 2.80 bits per heavy atom. The fourth-order valence-electron chi connectivity index (χ4n) is 1.69. The average molecular weight is 277 g/mol. The van der Waals surface area contributed by atoms with Gasteiger partial charge < -0.3 is 14.5 Å². The van der Waals surface area contributed by atoms with Crippen LogP contribution in [0.2, 0.25) is 0 Å². The number of nitrogens with one attached hydrogen (secondary N) is 1. The normalized spacial score (nSPS) is 11.9. The lowest BCUT2D eigenvalue weighted by Crippen LogP contribution is -2.35. The van der Waals surface area contributed by atoms with Crippen molar-refractivity contribution in [1.82, 2.24) is 5.32 Å². The van der Waals surface area contributed by atoms with Crippen LogP contribution in [0, 0.1) is 5.82 Å². The summed E-state index contributed by atoms with van der Waals surface area (Å²) in [5, 5.41) is 2.70. The maximum atomic E-state index is 13.5. The smallest absolute Gasteiger partial charge is 0.287 e. The standard InChI is InChI=1S/C15H16FNO3/c1-2-11(20-13-7-4-3-6-12(13)16)10-17-15(18)14-8-5-9-19-14/h3-9,11H,2,10H2,1H3,(H,17,18)/t11-/m0/s1. The van der Waals surface area contributed by atoms with Crippen molar-refractivity contribution in [3.63, 3.8) is 0 Å². The zero-order chi connectivity index (χ0) is 14.4. The van der Waals surface area contributed by atoms with Crippen molar-refractivity contribution >= 4 is 5.91 Å². The first kappa shape index (κ1) is 14.1. The number of hydrogen-bond acceptors (Lipinski definition) is 3. The molecule has 0 aliphatic rings. The molecule has 0 saturated carbocycles. The van der Waals surface area contributed by atoms with Crippen LogP contribution in [0.15, 0.2) is 47.1 Å². The highest BCUT2D eigenvalue weighted by molar-refractivity contribution is 5.91. The third kappa shape index (κ3) is 3.60. The molecule has 0 aliphatic carbocycles. The number of carbonyl (C=O) groups excluding carboxylic acids is 1. The molecule has 1 atom stereocenters. The third-order valence-electron chi connectivity index (χ3n) is 2.82. The van der Waals surface area contributed by atoms with E-state index in [-0.39, 0.29) is 30.1 Å². The molecule has 0 bridgehead atoms. The Balaban J connectivity index is 1.90. The lowest BCUT2D eigenvalue weighted by atomic mass is 10.2. The van der Waals surface area contributed by atoms with E-state index in [9.17, 15) is 9.18 Å². The van der Waals surface area contributed by atoms with Gasteiger partial charge in [-0.3, -0.25) is 4.79 Å². The minimum atomic E-state index is -0.414. The lowest BCUT2D eigenvalue weighted by Gasteiger charge is -2.18. The number of furan rings is 1. The van der Waals surface area contributed by atoms with Gasteiger partial charge in [0, 0.05) is 0 Å². The summed E-state index contributed by atoms with van der Waals surface area (Å²) in [5.74, 6) is -0.300. The highest BCUT2D eigenvalue weighted by Gasteiger charge is 2.14. The highest BCUT2D eigenvalue weighted by atomic mass is 19.1. The molecular weight excluding hydrogens is 261 g/mol. The van der Waals surface area contributed by atoms with E-state index >= 15 is 0 Å². The van der Waals surface area contributed by atoms with Crippen LogP contribution in [0.5, 0.6) is 5.75 Å². The molecule has 5 heteroatoms. The Labute approximate surface area is 116 Å². The summed E-state index contributed by atoms with van der Waals surface area (Å²) < 4.78 is 24.0. The van der Waals surface area contributed by atoms with E-state index in [1.165, 1.54) is 12.3 Å². The summed E-state index contributed by atoms with van der Waals surface area (Å²) in [6.07, 6.45) is 1.78. The van der Waals surface area contributed by atoms with Gasteiger partial charge in [-0.2, -0.15) is 0 Å². The van der Waals surface area contributed by atoms with Crippen LogP contribution < -0.4 is 10.1 Å². The molecule has 1 amide bonds. The van der Waals surface area contributed by atoms with Gasteiger partial charge in [-0.15, -0.1) is 0 Å². The molecule has 1 N–H and O–H groups in total. The van der Waals surface area contributed by atoms with Crippen LogP contribution in [0.3, 0.4) is 0 Å². The molecule has 1 aromatic heterocycles. The van der Waals surface area contributed by atoms with Crippen molar-refractivity contribution in [2.75, 3.05) is 6.54 Å². The Morgan fingerprint density at radius 2 is 2.15 bits per heavy atom. The molecule has 0 unspecified atom stereocenters. The second-order valence-electron chi connectivity index (χ2n) is 4.27. The average Bonchev–Trinajstić information content (AvgIpc) is 2.99. The summed E-state index contributed by atoms with van der Waals surface area (Å²) >= 11 is 0. The molecule has 1 aromatic carbocycles. The Hall–Kier alpha value is -2.30. The van der Waals surface area contributed by atoms with Gasteiger partial charge in [-0.25, -0.2) is 4.39 Å². The largest absolute Gasteiger partial charge is 0.486 e. The lowest BCUT2D eigenvalue weighted by molar-refractivity contribution is 0.0897. The third-order valence-corrected chi connectivity index (χ3v) is 2.82. The van der Waals surface area contributed by atoms with Crippen LogP contribution in [0.25, 0.3) is 0 Å². The maximum absolute atomic E-state index is 13.5. The SMILES string of the molecule is CC[C@@H](CNC(=O)c1ccco1)Oc1ccccc1F. The van der Waals surface area contributed by atoms with Gasteiger partial charge in [-0.1, -0.05) is 19.1 Å². The zero-order valence-corrected chi connectivity index (χ0v) is 11.1. The molecule has 0 saturated heterocycles. The summed E-state index contributed by atoms with van der Waals surface area (Å²) in [6.45, 7) is 2.19. The molecule has 20 heavy (non-hydrogen) atoms. The van der Waals surface area contributed by atoms with Gasteiger partial charge in [0.05, 0.1) is 12.8 Å². The van der Waals surface area contributed by atoms with Crippen LogP contribution in [-0.2, 0) is 0 Å². The fourth-order valence-corrected chi connectivity index (χ4v) is 1.69. The van der Waals surface area contributed by atoms with Crippen molar-refractivity contribution in [2.45, 2.75) is 19.4 Å². The van der Waals surface area contributed by atoms with E-state index in [2.05, 4.69) is 5.32 Å².